The molecule has 4 rings (SSSR count). The second-order valence-corrected chi connectivity index (χ2v) is 9.92. The van der Waals surface area contributed by atoms with Crippen molar-refractivity contribution in [2.75, 3.05) is 6.54 Å². The van der Waals surface area contributed by atoms with Gasteiger partial charge in [0.05, 0.1) is 6.42 Å². The van der Waals surface area contributed by atoms with Crippen LogP contribution in [0.2, 0.25) is 5.02 Å². The number of amides is 1. The molecule has 2 N–H and O–H groups in total. The first-order chi connectivity index (χ1) is 17.9. The number of aromatic nitrogens is 1. The van der Waals surface area contributed by atoms with Gasteiger partial charge in [0.15, 0.2) is 0 Å². The molecule has 0 aliphatic rings. The predicted molar refractivity (Wildman–Crippen MR) is 150 cm³/mol. The van der Waals surface area contributed by atoms with E-state index >= 15 is 0 Å². The molecule has 0 aliphatic carbocycles. The third kappa shape index (κ3) is 6.23. The van der Waals surface area contributed by atoms with Crippen LogP contribution in [0.5, 0.6) is 0 Å². The minimum absolute atomic E-state index is 0.0836. The second kappa shape index (κ2) is 12.1. The first-order valence-electron chi connectivity index (χ1n) is 12.8. The summed E-state index contributed by atoms with van der Waals surface area (Å²) in [6, 6.07) is 24.3. The molecule has 0 radical (unpaired) electrons. The Kier molecular flexibility index (Phi) is 8.67. The molecule has 0 spiro atoms. The molecule has 2 atom stereocenters. The van der Waals surface area contributed by atoms with Crippen LogP contribution in [-0.2, 0) is 11.3 Å². The van der Waals surface area contributed by atoms with E-state index in [4.69, 9.17) is 16.7 Å². The van der Waals surface area contributed by atoms with Crippen molar-refractivity contribution in [3.63, 3.8) is 0 Å². The van der Waals surface area contributed by atoms with E-state index in [9.17, 15) is 9.59 Å². The molecule has 1 heterocycles. The van der Waals surface area contributed by atoms with E-state index in [0.29, 0.717) is 10.6 Å². The number of aliphatic carboxylic acids is 1. The molecule has 0 aliphatic heterocycles. The number of carbonyl (C=O) groups is 2. The zero-order valence-corrected chi connectivity index (χ0v) is 22.0. The van der Waals surface area contributed by atoms with E-state index in [2.05, 4.69) is 66.3 Å². The van der Waals surface area contributed by atoms with E-state index in [1.807, 2.05) is 36.4 Å². The van der Waals surface area contributed by atoms with Crippen molar-refractivity contribution in [2.45, 2.75) is 51.5 Å². The van der Waals surface area contributed by atoms with Crippen molar-refractivity contribution in [2.24, 2.45) is 0 Å². The van der Waals surface area contributed by atoms with Crippen molar-refractivity contribution >= 4 is 34.4 Å². The van der Waals surface area contributed by atoms with Crippen molar-refractivity contribution in [3.8, 4) is 0 Å². The zero-order valence-electron chi connectivity index (χ0n) is 21.3. The molecule has 1 amide bonds. The molecule has 0 fully saturated rings. The lowest BCUT2D eigenvalue weighted by Gasteiger charge is -2.25. The molecule has 6 heteroatoms. The van der Waals surface area contributed by atoms with Gasteiger partial charge in [0.1, 0.15) is 0 Å². The van der Waals surface area contributed by atoms with Gasteiger partial charge >= 0.3 is 5.97 Å². The number of unbranched alkanes of at least 4 members (excludes halogenated alkanes) is 1. The highest BCUT2D eigenvalue weighted by Gasteiger charge is 2.26. The number of para-hydroxylation sites is 1. The molecule has 37 heavy (non-hydrogen) atoms. The average molecular weight is 517 g/mol. The van der Waals surface area contributed by atoms with Crippen LogP contribution < -0.4 is 5.32 Å². The number of aryl methyl sites for hydroxylation is 1. The summed E-state index contributed by atoms with van der Waals surface area (Å²) in [6.07, 6.45) is 4.46. The van der Waals surface area contributed by atoms with Crippen LogP contribution in [-0.4, -0.2) is 28.1 Å². The minimum Gasteiger partial charge on any atom is -0.481 e. The fourth-order valence-electron chi connectivity index (χ4n) is 4.96. The van der Waals surface area contributed by atoms with Gasteiger partial charge in [-0.2, -0.15) is 0 Å². The Morgan fingerprint density at radius 2 is 1.65 bits per heavy atom. The Morgan fingerprint density at radius 1 is 0.973 bits per heavy atom. The van der Waals surface area contributed by atoms with Crippen molar-refractivity contribution in [1.29, 1.82) is 0 Å². The molecule has 4 aromatic rings. The number of halogens is 1. The molecule has 5 nitrogen and oxygen atoms in total. The van der Waals surface area contributed by atoms with Crippen molar-refractivity contribution in [3.05, 3.63) is 106 Å². The standard InChI is InChI=1S/C31H33ClN2O3/c1-3-4-19-34-20-27(26-7-5-6-8-28(26)34)30(23-13-15-25(32)16-14-23)21(2)22-9-11-24(12-10-22)31(37)33-18-17-29(35)36/h5-16,20-21,30H,3-4,17-19H2,1-2H3,(H,33,37)(H,35,36). The van der Waals surface area contributed by atoms with Gasteiger partial charge in [-0.1, -0.05) is 74.3 Å². The van der Waals surface area contributed by atoms with Gasteiger partial charge in [0.2, 0.25) is 0 Å². The number of carboxylic acid groups (broad SMARTS) is 1. The smallest absolute Gasteiger partial charge is 0.305 e. The topological polar surface area (TPSA) is 71.3 Å². The number of hydrogen-bond donors (Lipinski definition) is 2. The Balaban J connectivity index is 1.70. The summed E-state index contributed by atoms with van der Waals surface area (Å²) in [4.78, 5) is 23.2. The summed E-state index contributed by atoms with van der Waals surface area (Å²) in [7, 11) is 0. The van der Waals surface area contributed by atoms with Crippen LogP contribution in [0, 0.1) is 0 Å². The fraction of sp³-hybridized carbons (Fsp3) is 0.290. The number of fused-ring (bicyclic) bond motifs is 1. The Labute approximate surface area is 223 Å². The van der Waals surface area contributed by atoms with Gasteiger partial charge in [0.25, 0.3) is 5.91 Å². The lowest BCUT2D eigenvalue weighted by molar-refractivity contribution is -0.136. The van der Waals surface area contributed by atoms with Gasteiger partial charge < -0.3 is 15.0 Å². The summed E-state index contributed by atoms with van der Waals surface area (Å²) in [5.74, 6) is -1.00. The summed E-state index contributed by atoms with van der Waals surface area (Å²) in [5.41, 5.74) is 5.33. The largest absolute Gasteiger partial charge is 0.481 e. The van der Waals surface area contributed by atoms with E-state index in [-0.39, 0.29) is 30.7 Å². The summed E-state index contributed by atoms with van der Waals surface area (Å²) >= 11 is 6.24. The molecule has 3 aromatic carbocycles. The quantitative estimate of drug-likeness (QED) is 0.221. The normalized spacial score (nSPS) is 12.8. The van der Waals surface area contributed by atoms with Gasteiger partial charge in [-0.3, -0.25) is 9.59 Å². The number of benzene rings is 3. The number of nitrogens with one attached hydrogen (secondary N) is 1. The predicted octanol–water partition coefficient (Wildman–Crippen LogP) is 7.23. The molecular weight excluding hydrogens is 484 g/mol. The van der Waals surface area contributed by atoms with Gasteiger partial charge in [-0.05, 0) is 59.4 Å². The zero-order chi connectivity index (χ0) is 26.4. The van der Waals surface area contributed by atoms with Crippen LogP contribution in [0.15, 0.2) is 79.0 Å². The number of carboxylic acids is 1. The third-order valence-electron chi connectivity index (χ3n) is 6.96. The second-order valence-electron chi connectivity index (χ2n) is 9.49. The highest BCUT2D eigenvalue weighted by molar-refractivity contribution is 6.30. The van der Waals surface area contributed by atoms with Crippen LogP contribution in [0.25, 0.3) is 10.9 Å². The SMILES string of the molecule is CCCCn1cc(C(c2ccc(Cl)cc2)C(C)c2ccc(C(=O)NCCC(=O)O)cc2)c2ccccc21. The van der Waals surface area contributed by atoms with Crippen LogP contribution in [0.3, 0.4) is 0 Å². The molecule has 2 unspecified atom stereocenters. The van der Waals surface area contributed by atoms with Crippen LogP contribution >= 0.6 is 11.6 Å². The van der Waals surface area contributed by atoms with E-state index < -0.39 is 5.97 Å². The Morgan fingerprint density at radius 3 is 2.32 bits per heavy atom. The van der Waals surface area contributed by atoms with Crippen molar-refractivity contribution < 1.29 is 14.7 Å². The van der Waals surface area contributed by atoms with E-state index in [1.54, 1.807) is 0 Å². The van der Waals surface area contributed by atoms with E-state index in [0.717, 1.165) is 24.9 Å². The van der Waals surface area contributed by atoms with E-state index in [1.165, 1.54) is 22.0 Å². The highest BCUT2D eigenvalue weighted by atomic mass is 35.5. The Bertz CT molecular complexity index is 1360. The summed E-state index contributed by atoms with van der Waals surface area (Å²) in [6.45, 7) is 5.51. The maximum absolute atomic E-state index is 12.4. The minimum atomic E-state index is -0.936. The average Bonchev–Trinajstić information content (AvgIpc) is 3.26. The maximum atomic E-state index is 12.4. The highest BCUT2D eigenvalue weighted by Crippen LogP contribution is 2.42. The number of carbonyl (C=O) groups excluding carboxylic acids is 1. The maximum Gasteiger partial charge on any atom is 0.305 e. The van der Waals surface area contributed by atoms with Gasteiger partial charge in [-0.15, -0.1) is 0 Å². The first-order valence-corrected chi connectivity index (χ1v) is 13.2. The molecule has 192 valence electrons. The van der Waals surface area contributed by atoms with Crippen LogP contribution in [0.1, 0.15) is 72.0 Å². The number of rotatable bonds is 11. The lowest BCUT2D eigenvalue weighted by Crippen LogP contribution is -2.26. The van der Waals surface area contributed by atoms with Crippen LogP contribution in [0.4, 0.5) is 0 Å². The fourth-order valence-corrected chi connectivity index (χ4v) is 5.09. The summed E-state index contributed by atoms with van der Waals surface area (Å²) < 4.78 is 2.37. The molecule has 0 saturated heterocycles. The molecular formula is C31H33ClN2O3. The third-order valence-corrected chi connectivity index (χ3v) is 7.21. The monoisotopic (exact) mass is 516 g/mol. The Hall–Kier alpha value is -3.57. The number of hydrogen-bond acceptors (Lipinski definition) is 2. The first kappa shape index (κ1) is 26.5. The van der Waals surface area contributed by atoms with Gasteiger partial charge in [0, 0.05) is 46.7 Å². The molecule has 0 saturated carbocycles. The lowest BCUT2D eigenvalue weighted by atomic mass is 9.78. The van der Waals surface area contributed by atoms with Gasteiger partial charge in [-0.25, -0.2) is 0 Å². The summed E-state index contributed by atoms with van der Waals surface area (Å²) in [5, 5.41) is 13.4. The number of nitrogens with zero attached hydrogens (tertiary/aromatic N) is 1. The molecule has 1 aromatic heterocycles. The molecule has 0 bridgehead atoms. The van der Waals surface area contributed by atoms with Crippen molar-refractivity contribution in [1.82, 2.24) is 9.88 Å².